The summed E-state index contributed by atoms with van der Waals surface area (Å²) in [5.41, 5.74) is 6.63. The van der Waals surface area contributed by atoms with Gasteiger partial charge in [-0.15, -0.1) is 0 Å². The summed E-state index contributed by atoms with van der Waals surface area (Å²) < 4.78 is 0. The first-order valence-corrected chi connectivity index (χ1v) is 10.1. The molecular weight excluding hydrogens is 336 g/mol. The van der Waals surface area contributed by atoms with Crippen LogP contribution < -0.4 is 16.4 Å². The lowest BCUT2D eigenvalue weighted by molar-refractivity contribution is -0.133. The molecule has 1 saturated carbocycles. The van der Waals surface area contributed by atoms with Crippen LogP contribution in [0.5, 0.6) is 0 Å². The van der Waals surface area contributed by atoms with Crippen LogP contribution in [0.25, 0.3) is 0 Å². The maximum atomic E-state index is 12.9. The topological polar surface area (TPSA) is 87.5 Å². The number of amides is 3. The number of rotatable bonds is 8. The zero-order valence-corrected chi connectivity index (χ0v) is 15.4. The van der Waals surface area contributed by atoms with Crippen LogP contribution in [0.15, 0.2) is 16.8 Å². The van der Waals surface area contributed by atoms with E-state index in [2.05, 4.69) is 32.4 Å². The molecule has 0 aromatic carbocycles. The number of hydrogen-bond acceptors (Lipinski definition) is 4. The van der Waals surface area contributed by atoms with E-state index < -0.39 is 6.03 Å². The average Bonchev–Trinajstić information content (AvgIpc) is 3.03. The van der Waals surface area contributed by atoms with Gasteiger partial charge in [0, 0.05) is 25.6 Å². The van der Waals surface area contributed by atoms with Crippen molar-refractivity contribution < 1.29 is 9.59 Å². The van der Waals surface area contributed by atoms with E-state index in [-0.39, 0.29) is 5.91 Å². The minimum atomic E-state index is -0.503. The fourth-order valence-corrected chi connectivity index (χ4v) is 4.60. The van der Waals surface area contributed by atoms with Crippen molar-refractivity contribution in [3.63, 3.8) is 0 Å². The van der Waals surface area contributed by atoms with Crippen LogP contribution in [0.2, 0.25) is 0 Å². The van der Waals surface area contributed by atoms with Crippen LogP contribution in [-0.2, 0) is 11.3 Å². The van der Waals surface area contributed by atoms with Gasteiger partial charge in [0.1, 0.15) is 0 Å². The van der Waals surface area contributed by atoms with E-state index in [1.165, 1.54) is 18.4 Å². The molecule has 3 amide bonds. The monoisotopic (exact) mass is 364 g/mol. The standard InChI is InChI=1S/C18H28N4O2S/c19-17(24)21-7-2-1-3-16(23)22(12-14-4-10-25-13-14)15-11-18(15)5-8-20-9-6-18/h4,10,13,15,20H,1-3,5-9,11-12H2,(H3,19,21,24). The van der Waals surface area contributed by atoms with Gasteiger partial charge in [0.15, 0.2) is 0 Å². The minimum Gasteiger partial charge on any atom is -0.352 e. The lowest BCUT2D eigenvalue weighted by Crippen LogP contribution is -2.39. The van der Waals surface area contributed by atoms with Gasteiger partial charge in [0.05, 0.1) is 0 Å². The Bertz CT molecular complexity index is 584. The first-order chi connectivity index (χ1) is 12.1. The van der Waals surface area contributed by atoms with Crippen molar-refractivity contribution in [2.45, 2.75) is 51.1 Å². The first kappa shape index (κ1) is 18.2. The van der Waals surface area contributed by atoms with Gasteiger partial charge in [0.2, 0.25) is 5.91 Å². The summed E-state index contributed by atoms with van der Waals surface area (Å²) in [6, 6.07) is 2.00. The van der Waals surface area contributed by atoms with Crippen molar-refractivity contribution in [3.8, 4) is 0 Å². The predicted molar refractivity (Wildman–Crippen MR) is 99.2 cm³/mol. The van der Waals surface area contributed by atoms with E-state index in [1.807, 2.05) is 0 Å². The molecule has 6 nitrogen and oxygen atoms in total. The smallest absolute Gasteiger partial charge is 0.312 e. The third-order valence-electron chi connectivity index (χ3n) is 5.49. The molecule has 25 heavy (non-hydrogen) atoms. The highest BCUT2D eigenvalue weighted by Crippen LogP contribution is 2.56. The van der Waals surface area contributed by atoms with Crippen LogP contribution in [0.3, 0.4) is 0 Å². The van der Waals surface area contributed by atoms with E-state index in [1.54, 1.807) is 11.3 Å². The number of thiophene rings is 1. The molecule has 3 rings (SSSR count). The number of primary amides is 1. The fraction of sp³-hybridized carbons (Fsp3) is 0.667. The molecule has 1 saturated heterocycles. The van der Waals surface area contributed by atoms with Gasteiger partial charge >= 0.3 is 6.03 Å². The number of piperidine rings is 1. The number of carbonyl (C=O) groups excluding carboxylic acids is 2. The minimum absolute atomic E-state index is 0.241. The Morgan fingerprint density at radius 1 is 1.36 bits per heavy atom. The number of urea groups is 1. The maximum absolute atomic E-state index is 12.9. The van der Waals surface area contributed by atoms with Crippen molar-refractivity contribution in [2.75, 3.05) is 19.6 Å². The van der Waals surface area contributed by atoms with Crippen LogP contribution in [0.4, 0.5) is 4.79 Å². The van der Waals surface area contributed by atoms with Crippen molar-refractivity contribution in [3.05, 3.63) is 22.4 Å². The molecule has 1 aromatic heterocycles. The van der Waals surface area contributed by atoms with Crippen molar-refractivity contribution in [1.29, 1.82) is 0 Å². The molecule has 0 radical (unpaired) electrons. The van der Waals surface area contributed by atoms with Crippen LogP contribution in [0, 0.1) is 5.41 Å². The van der Waals surface area contributed by atoms with Crippen molar-refractivity contribution in [2.24, 2.45) is 11.1 Å². The van der Waals surface area contributed by atoms with Gasteiger partial charge in [-0.05, 0) is 73.0 Å². The molecule has 1 unspecified atom stereocenters. The Balaban J connectivity index is 1.55. The van der Waals surface area contributed by atoms with Crippen LogP contribution in [0.1, 0.15) is 44.1 Å². The molecule has 7 heteroatoms. The number of nitrogens with two attached hydrogens (primary N) is 1. The molecule has 1 aliphatic heterocycles. The van der Waals surface area contributed by atoms with Crippen LogP contribution in [-0.4, -0.2) is 42.5 Å². The van der Waals surface area contributed by atoms with E-state index in [0.717, 1.165) is 38.9 Å². The van der Waals surface area contributed by atoms with E-state index >= 15 is 0 Å². The van der Waals surface area contributed by atoms with E-state index in [9.17, 15) is 9.59 Å². The molecule has 138 valence electrons. The van der Waals surface area contributed by atoms with Crippen LogP contribution >= 0.6 is 11.3 Å². The Morgan fingerprint density at radius 2 is 2.16 bits per heavy atom. The van der Waals surface area contributed by atoms with Gasteiger partial charge in [-0.2, -0.15) is 11.3 Å². The highest BCUT2D eigenvalue weighted by atomic mass is 32.1. The van der Waals surface area contributed by atoms with E-state index in [4.69, 9.17) is 5.73 Å². The SMILES string of the molecule is NC(=O)NCCCCC(=O)N(Cc1ccsc1)C1CC12CCNCC2. The Kier molecular flexibility index (Phi) is 5.96. The van der Waals surface area contributed by atoms with Crippen molar-refractivity contribution in [1.82, 2.24) is 15.5 Å². The zero-order valence-electron chi connectivity index (χ0n) is 14.6. The lowest BCUT2D eigenvalue weighted by atomic mass is 9.93. The predicted octanol–water partition coefficient (Wildman–Crippen LogP) is 2.06. The Morgan fingerprint density at radius 3 is 2.84 bits per heavy atom. The zero-order chi connectivity index (χ0) is 17.7. The molecule has 2 heterocycles. The summed E-state index contributed by atoms with van der Waals surface area (Å²) in [7, 11) is 0. The van der Waals surface area contributed by atoms with Gasteiger partial charge in [-0.25, -0.2) is 4.79 Å². The number of unbranched alkanes of at least 4 members (excludes halogenated alkanes) is 1. The van der Waals surface area contributed by atoms with Crippen molar-refractivity contribution >= 4 is 23.3 Å². The maximum Gasteiger partial charge on any atom is 0.312 e. The first-order valence-electron chi connectivity index (χ1n) is 9.15. The number of nitrogens with one attached hydrogen (secondary N) is 2. The summed E-state index contributed by atoms with van der Waals surface area (Å²) >= 11 is 1.68. The largest absolute Gasteiger partial charge is 0.352 e. The number of hydrogen-bond donors (Lipinski definition) is 3. The van der Waals surface area contributed by atoms with E-state index in [0.29, 0.717) is 24.4 Å². The number of nitrogens with zero attached hydrogens (tertiary/aromatic N) is 1. The third-order valence-corrected chi connectivity index (χ3v) is 6.22. The normalized spacial score (nSPS) is 21.0. The Labute approximate surface area is 153 Å². The molecule has 0 bridgehead atoms. The fourth-order valence-electron chi connectivity index (χ4n) is 3.94. The second-order valence-electron chi connectivity index (χ2n) is 7.23. The van der Waals surface area contributed by atoms with Gasteiger partial charge in [-0.1, -0.05) is 0 Å². The molecule has 1 spiro atoms. The number of carbonyl (C=O) groups is 2. The third kappa shape index (κ3) is 4.73. The van der Waals surface area contributed by atoms with Gasteiger partial charge in [0.25, 0.3) is 0 Å². The molecule has 2 aliphatic rings. The quantitative estimate of drug-likeness (QED) is 0.617. The second-order valence-corrected chi connectivity index (χ2v) is 8.01. The summed E-state index contributed by atoms with van der Waals surface area (Å²) in [5.74, 6) is 0.241. The molecule has 1 aliphatic carbocycles. The molecule has 1 atom stereocenters. The molecule has 2 fully saturated rings. The summed E-state index contributed by atoms with van der Waals surface area (Å²) in [4.78, 5) is 25.7. The highest BCUT2D eigenvalue weighted by molar-refractivity contribution is 7.07. The summed E-state index contributed by atoms with van der Waals surface area (Å²) in [6.07, 6.45) is 5.59. The molecular formula is C18H28N4O2S. The molecule has 1 aromatic rings. The average molecular weight is 365 g/mol. The second kappa shape index (κ2) is 8.19. The highest BCUT2D eigenvalue weighted by Gasteiger charge is 2.57. The Hall–Kier alpha value is -1.60. The van der Waals surface area contributed by atoms with Gasteiger partial charge in [-0.3, -0.25) is 4.79 Å². The lowest BCUT2D eigenvalue weighted by Gasteiger charge is -2.29. The van der Waals surface area contributed by atoms with Gasteiger partial charge < -0.3 is 21.3 Å². The summed E-state index contributed by atoms with van der Waals surface area (Å²) in [6.45, 7) is 3.39. The molecule has 4 N–H and O–H groups in total. The summed E-state index contributed by atoms with van der Waals surface area (Å²) in [5, 5.41) is 10.2.